The Bertz CT molecular complexity index is 1130. The largest absolute Gasteiger partial charge is 0.507 e. The number of carboxylic acid groups (broad SMARTS) is 1. The molecule has 0 spiro atoms. The van der Waals surface area contributed by atoms with Gasteiger partial charge in [-0.1, -0.05) is 30.3 Å². The van der Waals surface area contributed by atoms with E-state index in [-0.39, 0.29) is 30.0 Å². The maximum Gasteiger partial charge on any atom is 0.456 e. The topological polar surface area (TPSA) is 152 Å². The zero-order valence-corrected chi connectivity index (χ0v) is 18.4. The minimum atomic E-state index is -1.78. The molecule has 0 aliphatic carbocycles. The minimum absolute atomic E-state index is 0.0385. The van der Waals surface area contributed by atoms with Gasteiger partial charge in [-0.05, 0) is 47.4 Å². The number of aromatic hydroxyl groups is 1. The first-order chi connectivity index (χ1) is 16.3. The second-order valence-electron chi connectivity index (χ2n) is 7.87. The number of phenols is 1. The van der Waals surface area contributed by atoms with Crippen molar-refractivity contribution >= 4 is 19.0 Å². The van der Waals surface area contributed by atoms with Crippen molar-refractivity contribution < 1.29 is 29.9 Å². The number of pyridine rings is 1. The molecule has 1 amide bonds. The van der Waals surface area contributed by atoms with Gasteiger partial charge in [-0.15, -0.1) is 0 Å². The number of benzene rings is 2. The van der Waals surface area contributed by atoms with Gasteiger partial charge in [-0.3, -0.25) is 9.78 Å². The molecule has 0 saturated heterocycles. The monoisotopic (exact) mass is 463 g/mol. The van der Waals surface area contributed by atoms with Gasteiger partial charge in [0, 0.05) is 43.4 Å². The van der Waals surface area contributed by atoms with E-state index < -0.39 is 24.7 Å². The van der Waals surface area contributed by atoms with Crippen LogP contribution in [0, 0.1) is 0 Å². The first-order valence-corrected chi connectivity index (χ1v) is 10.7. The molecule has 0 saturated carbocycles. The lowest BCUT2D eigenvalue weighted by molar-refractivity contribution is 0.0693. The van der Waals surface area contributed by atoms with Gasteiger partial charge in [0.25, 0.3) is 5.91 Å². The van der Waals surface area contributed by atoms with Crippen LogP contribution in [0.15, 0.2) is 67.0 Å². The molecule has 2 aromatic carbocycles. The molecule has 176 valence electrons. The summed E-state index contributed by atoms with van der Waals surface area (Å²) in [5.74, 6) is -2.96. The molecule has 1 aromatic heterocycles. The molecule has 1 heterocycles. The van der Waals surface area contributed by atoms with Crippen molar-refractivity contribution in [3.8, 4) is 5.75 Å². The first-order valence-electron chi connectivity index (χ1n) is 10.7. The summed E-state index contributed by atoms with van der Waals surface area (Å²) in [6, 6.07) is 15.1. The molecular weight excluding hydrogens is 437 g/mol. The van der Waals surface area contributed by atoms with Gasteiger partial charge >= 0.3 is 13.1 Å². The van der Waals surface area contributed by atoms with E-state index in [1.807, 2.05) is 18.2 Å². The number of hydrogen-bond donors (Lipinski definition) is 6. The lowest BCUT2D eigenvalue weighted by Gasteiger charge is -2.18. The van der Waals surface area contributed by atoms with Crippen LogP contribution in [0.4, 0.5) is 0 Å². The summed E-state index contributed by atoms with van der Waals surface area (Å²) in [6.07, 6.45) is 3.45. The van der Waals surface area contributed by atoms with E-state index in [1.54, 1.807) is 30.6 Å². The summed E-state index contributed by atoms with van der Waals surface area (Å²) in [7, 11) is -1.78. The van der Waals surface area contributed by atoms with E-state index in [2.05, 4.69) is 15.6 Å². The fourth-order valence-corrected chi connectivity index (χ4v) is 3.50. The molecule has 10 heteroatoms. The molecule has 6 N–H and O–H groups in total. The highest BCUT2D eigenvalue weighted by atomic mass is 16.4. The zero-order valence-electron chi connectivity index (χ0n) is 18.4. The summed E-state index contributed by atoms with van der Waals surface area (Å²) in [5.41, 5.74) is 2.34. The van der Waals surface area contributed by atoms with Gasteiger partial charge < -0.3 is 30.9 Å². The number of carbonyl (C=O) groups is 2. The average Bonchev–Trinajstić information content (AvgIpc) is 2.83. The number of aromatic nitrogens is 1. The van der Waals surface area contributed by atoms with E-state index in [0.29, 0.717) is 18.7 Å². The third kappa shape index (κ3) is 6.88. The Morgan fingerprint density at radius 3 is 2.44 bits per heavy atom. The van der Waals surface area contributed by atoms with E-state index in [9.17, 15) is 24.7 Å². The van der Waals surface area contributed by atoms with Gasteiger partial charge in [-0.2, -0.15) is 0 Å². The Morgan fingerprint density at radius 1 is 1.00 bits per heavy atom. The van der Waals surface area contributed by atoms with Crippen LogP contribution >= 0.6 is 0 Å². The normalized spacial score (nSPS) is 11.6. The molecule has 34 heavy (non-hydrogen) atoms. The van der Waals surface area contributed by atoms with E-state index in [4.69, 9.17) is 5.11 Å². The van der Waals surface area contributed by atoms with Gasteiger partial charge in [0.2, 0.25) is 0 Å². The van der Waals surface area contributed by atoms with Crippen LogP contribution in [0.1, 0.15) is 37.4 Å². The van der Waals surface area contributed by atoms with E-state index in [1.165, 1.54) is 18.2 Å². The number of amides is 1. The second-order valence-corrected chi connectivity index (χ2v) is 7.87. The summed E-state index contributed by atoms with van der Waals surface area (Å²) < 4.78 is 0. The molecule has 0 bridgehead atoms. The van der Waals surface area contributed by atoms with Crippen LogP contribution in [-0.4, -0.2) is 50.8 Å². The van der Waals surface area contributed by atoms with Crippen molar-refractivity contribution in [3.05, 3.63) is 94.8 Å². The summed E-state index contributed by atoms with van der Waals surface area (Å²) >= 11 is 0. The summed E-state index contributed by atoms with van der Waals surface area (Å²) in [6.45, 7) is 1.10. The van der Waals surface area contributed by atoms with Crippen LogP contribution in [0.3, 0.4) is 0 Å². The number of hydrogen-bond acceptors (Lipinski definition) is 7. The maximum atomic E-state index is 12.7. The van der Waals surface area contributed by atoms with Crippen molar-refractivity contribution in [1.29, 1.82) is 0 Å². The Balaban J connectivity index is 1.58. The SMILES string of the molecule is O=C(NC[C@@H](Cc1cccc(C(=O)O)c1O)B(O)O)c1cccc(CNCc2cccnc2)c1. The van der Waals surface area contributed by atoms with Crippen molar-refractivity contribution in [3.63, 3.8) is 0 Å². The Hall–Kier alpha value is -3.73. The van der Waals surface area contributed by atoms with E-state index in [0.717, 1.165) is 11.1 Å². The first kappa shape index (κ1) is 24.9. The Kier molecular flexibility index (Phi) is 8.75. The van der Waals surface area contributed by atoms with Crippen LogP contribution in [0.25, 0.3) is 0 Å². The van der Waals surface area contributed by atoms with Crippen LogP contribution in [0.2, 0.25) is 5.82 Å². The van der Waals surface area contributed by atoms with Crippen LogP contribution < -0.4 is 10.6 Å². The quantitative estimate of drug-likeness (QED) is 0.235. The van der Waals surface area contributed by atoms with Crippen LogP contribution in [-0.2, 0) is 19.5 Å². The number of nitrogens with zero attached hydrogens (tertiary/aromatic N) is 1. The third-order valence-corrected chi connectivity index (χ3v) is 5.35. The van der Waals surface area contributed by atoms with Crippen molar-refractivity contribution in [2.45, 2.75) is 25.3 Å². The maximum absolute atomic E-state index is 12.7. The molecule has 1 atom stereocenters. The minimum Gasteiger partial charge on any atom is -0.507 e. The number of rotatable bonds is 11. The highest BCUT2D eigenvalue weighted by Gasteiger charge is 2.26. The van der Waals surface area contributed by atoms with Crippen molar-refractivity contribution in [2.75, 3.05) is 6.54 Å². The molecule has 0 radical (unpaired) electrons. The molecule has 0 aliphatic rings. The predicted molar refractivity (Wildman–Crippen MR) is 126 cm³/mol. The molecule has 0 unspecified atom stereocenters. The zero-order chi connectivity index (χ0) is 24.5. The van der Waals surface area contributed by atoms with Gasteiger partial charge in [-0.25, -0.2) is 4.79 Å². The molecule has 3 aromatic rings. The Labute approximate surface area is 197 Å². The smallest absolute Gasteiger partial charge is 0.456 e. The lowest BCUT2D eigenvalue weighted by atomic mass is 9.69. The number of carbonyl (C=O) groups excluding carboxylic acids is 1. The molecule has 0 aliphatic heterocycles. The van der Waals surface area contributed by atoms with Crippen LogP contribution in [0.5, 0.6) is 5.75 Å². The van der Waals surface area contributed by atoms with Gasteiger partial charge in [0.1, 0.15) is 11.3 Å². The standard InChI is InChI=1S/C24H26BN3O6/c29-22-18(6-2-8-21(22)24(31)32)11-20(25(33)34)15-28-23(30)19-7-1-4-16(10-19)12-27-14-17-5-3-9-26-13-17/h1-10,13,20,27,29,33-34H,11-12,14-15H2,(H,28,30)(H,31,32)/t20-/m1/s1. The number of nitrogens with one attached hydrogen (secondary N) is 2. The molecular formula is C24H26BN3O6. The number of para-hydroxylation sites is 1. The second kappa shape index (κ2) is 11.9. The fraction of sp³-hybridized carbons (Fsp3) is 0.208. The predicted octanol–water partition coefficient (Wildman–Crippen LogP) is 1.59. The van der Waals surface area contributed by atoms with Gasteiger partial charge in [0.15, 0.2) is 0 Å². The van der Waals surface area contributed by atoms with Crippen molar-refractivity contribution in [2.24, 2.45) is 0 Å². The highest BCUT2D eigenvalue weighted by molar-refractivity contribution is 6.43. The fourth-order valence-electron chi connectivity index (χ4n) is 3.50. The highest BCUT2D eigenvalue weighted by Crippen LogP contribution is 2.27. The molecule has 3 rings (SSSR count). The van der Waals surface area contributed by atoms with E-state index >= 15 is 0 Å². The lowest BCUT2D eigenvalue weighted by Crippen LogP contribution is -2.35. The number of aromatic carboxylic acids is 1. The van der Waals surface area contributed by atoms with Gasteiger partial charge in [0.05, 0.1) is 0 Å². The van der Waals surface area contributed by atoms with Crippen molar-refractivity contribution in [1.82, 2.24) is 15.6 Å². The Morgan fingerprint density at radius 2 is 1.74 bits per heavy atom. The summed E-state index contributed by atoms with van der Waals surface area (Å²) in [5, 5.41) is 44.8. The average molecular weight is 463 g/mol. The molecule has 9 nitrogen and oxygen atoms in total. The third-order valence-electron chi connectivity index (χ3n) is 5.35. The summed E-state index contributed by atoms with van der Waals surface area (Å²) in [4.78, 5) is 27.9. The number of carboxylic acids is 1. The molecule has 0 fully saturated rings.